The highest BCUT2D eigenvalue weighted by Gasteiger charge is 2.16. The normalized spacial score (nSPS) is 10.3. The molecule has 7 nitrogen and oxygen atoms in total. The van der Waals surface area contributed by atoms with Crippen molar-refractivity contribution in [2.75, 3.05) is 5.73 Å². The van der Waals surface area contributed by atoms with Crippen LogP contribution in [0.3, 0.4) is 0 Å². The van der Waals surface area contributed by atoms with Crippen molar-refractivity contribution in [2.45, 2.75) is 13.3 Å². The van der Waals surface area contributed by atoms with E-state index in [0.717, 1.165) is 0 Å². The SMILES string of the molecule is CCC(=O)Oc1cc(Br)c(Oc2ccc(N)c([N+](=O)[O-])c2)c(Br)c1. The molecule has 0 radical (unpaired) electrons. The number of anilines is 1. The fourth-order valence-corrected chi connectivity index (χ4v) is 3.07. The minimum Gasteiger partial charge on any atom is -0.455 e. The molecule has 126 valence electrons. The summed E-state index contributed by atoms with van der Waals surface area (Å²) in [5, 5.41) is 10.9. The van der Waals surface area contributed by atoms with E-state index in [9.17, 15) is 14.9 Å². The van der Waals surface area contributed by atoms with Crippen molar-refractivity contribution in [3.05, 3.63) is 49.4 Å². The van der Waals surface area contributed by atoms with Crippen LogP contribution in [0, 0.1) is 10.1 Å². The first kappa shape index (κ1) is 18.2. The van der Waals surface area contributed by atoms with Crippen LogP contribution in [-0.2, 0) is 4.79 Å². The first-order valence-corrected chi connectivity index (χ1v) is 8.32. The smallest absolute Gasteiger partial charge is 0.310 e. The van der Waals surface area contributed by atoms with Gasteiger partial charge in [-0.3, -0.25) is 14.9 Å². The largest absolute Gasteiger partial charge is 0.455 e. The van der Waals surface area contributed by atoms with E-state index in [0.29, 0.717) is 20.4 Å². The van der Waals surface area contributed by atoms with E-state index < -0.39 is 4.92 Å². The van der Waals surface area contributed by atoms with Crippen LogP contribution in [0.4, 0.5) is 11.4 Å². The fraction of sp³-hybridized carbons (Fsp3) is 0.133. The summed E-state index contributed by atoms with van der Waals surface area (Å²) in [4.78, 5) is 21.7. The maximum absolute atomic E-state index is 11.4. The number of nitrogen functional groups attached to an aromatic ring is 1. The van der Waals surface area contributed by atoms with Gasteiger partial charge in [0.2, 0.25) is 0 Å². The molecule has 0 aliphatic carbocycles. The molecule has 0 saturated carbocycles. The summed E-state index contributed by atoms with van der Waals surface area (Å²) in [6.07, 6.45) is 0.253. The number of ether oxygens (including phenoxy) is 2. The van der Waals surface area contributed by atoms with Gasteiger partial charge in [-0.2, -0.15) is 0 Å². The Morgan fingerprint density at radius 2 is 1.83 bits per heavy atom. The molecule has 2 rings (SSSR count). The number of nitrogens with two attached hydrogens (primary N) is 1. The Morgan fingerprint density at radius 3 is 2.38 bits per heavy atom. The molecule has 0 saturated heterocycles. The molecule has 2 aromatic rings. The summed E-state index contributed by atoms with van der Waals surface area (Å²) < 4.78 is 11.8. The highest BCUT2D eigenvalue weighted by molar-refractivity contribution is 9.11. The summed E-state index contributed by atoms with van der Waals surface area (Å²) in [7, 11) is 0. The van der Waals surface area contributed by atoms with Crippen molar-refractivity contribution in [1.82, 2.24) is 0 Å². The average molecular weight is 460 g/mol. The molecule has 0 aliphatic heterocycles. The first-order valence-electron chi connectivity index (χ1n) is 6.73. The maximum Gasteiger partial charge on any atom is 0.310 e. The van der Waals surface area contributed by atoms with Gasteiger partial charge in [0, 0.05) is 6.42 Å². The first-order chi connectivity index (χ1) is 11.3. The lowest BCUT2D eigenvalue weighted by Crippen LogP contribution is -2.05. The molecule has 9 heteroatoms. The van der Waals surface area contributed by atoms with E-state index in [4.69, 9.17) is 15.2 Å². The number of hydrogen-bond donors (Lipinski definition) is 1. The molecule has 0 unspecified atom stereocenters. The number of esters is 1. The van der Waals surface area contributed by atoms with Crippen LogP contribution in [0.15, 0.2) is 39.3 Å². The van der Waals surface area contributed by atoms with Gasteiger partial charge in [0.1, 0.15) is 17.2 Å². The van der Waals surface area contributed by atoms with E-state index in [1.54, 1.807) is 19.1 Å². The average Bonchev–Trinajstić information content (AvgIpc) is 2.52. The summed E-state index contributed by atoms with van der Waals surface area (Å²) in [5.41, 5.74) is 5.36. The zero-order valence-electron chi connectivity index (χ0n) is 12.4. The second-order valence-corrected chi connectivity index (χ2v) is 6.33. The van der Waals surface area contributed by atoms with Crippen molar-refractivity contribution < 1.29 is 19.2 Å². The minimum atomic E-state index is -0.584. The monoisotopic (exact) mass is 458 g/mol. The van der Waals surface area contributed by atoms with Crippen molar-refractivity contribution in [1.29, 1.82) is 0 Å². The van der Waals surface area contributed by atoms with Gasteiger partial charge in [0.25, 0.3) is 5.69 Å². The van der Waals surface area contributed by atoms with Crippen LogP contribution in [0.25, 0.3) is 0 Å². The van der Waals surface area contributed by atoms with E-state index in [2.05, 4.69) is 31.9 Å². The zero-order valence-corrected chi connectivity index (χ0v) is 15.6. The molecular weight excluding hydrogens is 448 g/mol. The van der Waals surface area contributed by atoms with Crippen LogP contribution in [0.1, 0.15) is 13.3 Å². The number of carbonyl (C=O) groups excluding carboxylic acids is 1. The molecule has 0 aromatic heterocycles. The number of benzene rings is 2. The number of carbonyl (C=O) groups is 1. The van der Waals surface area contributed by atoms with Gasteiger partial charge in [0.05, 0.1) is 19.9 Å². The number of nitro benzene ring substituents is 1. The number of halogens is 2. The molecule has 2 N–H and O–H groups in total. The molecule has 0 atom stereocenters. The Labute approximate surface area is 154 Å². The Bertz CT molecular complexity index is 787. The molecular formula is C15H12Br2N2O5. The molecule has 24 heavy (non-hydrogen) atoms. The highest BCUT2D eigenvalue weighted by atomic mass is 79.9. The zero-order chi connectivity index (χ0) is 17.9. The lowest BCUT2D eigenvalue weighted by atomic mass is 10.2. The number of nitrogens with zero attached hydrogens (tertiary/aromatic N) is 1. The van der Waals surface area contributed by atoms with Gasteiger partial charge >= 0.3 is 5.97 Å². The van der Waals surface area contributed by atoms with E-state index in [1.165, 1.54) is 18.2 Å². The summed E-state index contributed by atoms with van der Waals surface area (Å²) in [5.74, 6) is 0.605. The number of hydrogen-bond acceptors (Lipinski definition) is 6. The Kier molecular flexibility index (Phi) is 5.79. The van der Waals surface area contributed by atoms with Gasteiger partial charge in [-0.1, -0.05) is 6.92 Å². The Hall–Kier alpha value is -2.13. The summed E-state index contributed by atoms with van der Waals surface area (Å²) in [6.45, 7) is 1.69. The second-order valence-electron chi connectivity index (χ2n) is 4.62. The van der Waals surface area contributed by atoms with Crippen LogP contribution in [0.2, 0.25) is 0 Å². The molecule has 2 aromatic carbocycles. The summed E-state index contributed by atoms with van der Waals surface area (Å²) in [6, 6.07) is 7.29. The van der Waals surface area contributed by atoms with E-state index >= 15 is 0 Å². The van der Waals surface area contributed by atoms with Gasteiger partial charge in [-0.25, -0.2) is 0 Å². The third-order valence-corrected chi connectivity index (χ3v) is 4.09. The van der Waals surface area contributed by atoms with Gasteiger partial charge < -0.3 is 15.2 Å². The molecule has 0 amide bonds. The third-order valence-electron chi connectivity index (χ3n) is 2.91. The predicted octanol–water partition coefficient (Wildman–Crippen LogP) is 4.81. The predicted molar refractivity (Wildman–Crippen MR) is 95.4 cm³/mol. The van der Waals surface area contributed by atoms with Crippen molar-refractivity contribution in [3.8, 4) is 17.2 Å². The van der Waals surface area contributed by atoms with Crippen LogP contribution in [0.5, 0.6) is 17.2 Å². The second kappa shape index (κ2) is 7.63. The highest BCUT2D eigenvalue weighted by Crippen LogP contribution is 2.41. The lowest BCUT2D eigenvalue weighted by molar-refractivity contribution is -0.384. The van der Waals surface area contributed by atoms with Gasteiger partial charge in [-0.15, -0.1) is 0 Å². The van der Waals surface area contributed by atoms with Crippen LogP contribution >= 0.6 is 31.9 Å². The third kappa shape index (κ3) is 4.24. The van der Waals surface area contributed by atoms with Gasteiger partial charge in [0.15, 0.2) is 5.75 Å². The minimum absolute atomic E-state index is 0.0484. The molecule has 0 spiro atoms. The quantitative estimate of drug-likeness (QED) is 0.226. The number of rotatable bonds is 5. The lowest BCUT2D eigenvalue weighted by Gasteiger charge is -2.12. The Morgan fingerprint density at radius 1 is 1.21 bits per heavy atom. The fourth-order valence-electron chi connectivity index (χ4n) is 1.76. The summed E-state index contributed by atoms with van der Waals surface area (Å²) >= 11 is 6.65. The standard InChI is InChI=1S/C15H12Br2N2O5/c1-2-14(20)23-9-5-10(16)15(11(17)6-9)24-8-3-4-12(18)13(7-8)19(21)22/h3-7H,2,18H2,1H3. The van der Waals surface area contributed by atoms with Crippen molar-refractivity contribution in [3.63, 3.8) is 0 Å². The Balaban J connectivity index is 2.32. The van der Waals surface area contributed by atoms with Crippen molar-refractivity contribution >= 4 is 49.2 Å². The molecule has 0 fully saturated rings. The molecule has 0 heterocycles. The van der Waals surface area contributed by atoms with Crippen LogP contribution < -0.4 is 15.2 Å². The van der Waals surface area contributed by atoms with E-state index in [-0.39, 0.29) is 29.5 Å². The van der Waals surface area contributed by atoms with E-state index in [1.807, 2.05) is 0 Å². The topological polar surface area (TPSA) is 105 Å². The maximum atomic E-state index is 11.4. The van der Waals surface area contributed by atoms with Crippen LogP contribution in [-0.4, -0.2) is 10.9 Å². The molecule has 0 aliphatic rings. The van der Waals surface area contributed by atoms with Gasteiger partial charge in [-0.05, 0) is 56.1 Å². The van der Waals surface area contributed by atoms with Crippen molar-refractivity contribution in [2.24, 2.45) is 0 Å². The molecule has 0 bridgehead atoms. The number of nitro groups is 1.